The lowest BCUT2D eigenvalue weighted by molar-refractivity contribution is -0.122. The van der Waals surface area contributed by atoms with E-state index < -0.39 is 12.1 Å². The SMILES string of the molecule is CCOc1ccc(NC(=O)[C@@H](C)Oc2ccc(C(=O)OC)cc2OC)cc1. The molecule has 0 unspecified atom stereocenters. The van der Waals surface area contributed by atoms with Gasteiger partial charge in [-0.15, -0.1) is 0 Å². The van der Waals surface area contributed by atoms with Crippen LogP contribution in [0.1, 0.15) is 24.2 Å². The molecule has 2 aromatic carbocycles. The average molecular weight is 373 g/mol. The highest BCUT2D eigenvalue weighted by atomic mass is 16.5. The van der Waals surface area contributed by atoms with Crippen LogP contribution in [-0.2, 0) is 9.53 Å². The van der Waals surface area contributed by atoms with E-state index in [1.807, 2.05) is 6.92 Å². The highest BCUT2D eigenvalue weighted by Gasteiger charge is 2.18. The quantitative estimate of drug-likeness (QED) is 0.715. The van der Waals surface area contributed by atoms with Gasteiger partial charge in [-0.05, 0) is 56.3 Å². The molecule has 0 radical (unpaired) electrons. The van der Waals surface area contributed by atoms with E-state index in [4.69, 9.17) is 14.2 Å². The maximum Gasteiger partial charge on any atom is 0.337 e. The van der Waals surface area contributed by atoms with Crippen LogP contribution in [0.3, 0.4) is 0 Å². The van der Waals surface area contributed by atoms with Crippen LogP contribution in [0.4, 0.5) is 5.69 Å². The Morgan fingerprint density at radius 3 is 2.33 bits per heavy atom. The van der Waals surface area contributed by atoms with E-state index in [1.165, 1.54) is 20.3 Å². The second-order valence-corrected chi connectivity index (χ2v) is 5.56. The van der Waals surface area contributed by atoms with Crippen LogP contribution in [0.15, 0.2) is 42.5 Å². The summed E-state index contributed by atoms with van der Waals surface area (Å²) in [5.74, 6) is 0.604. The van der Waals surface area contributed by atoms with E-state index in [1.54, 1.807) is 43.3 Å². The molecule has 27 heavy (non-hydrogen) atoms. The van der Waals surface area contributed by atoms with E-state index >= 15 is 0 Å². The second-order valence-electron chi connectivity index (χ2n) is 5.56. The smallest absolute Gasteiger partial charge is 0.337 e. The molecule has 7 nitrogen and oxygen atoms in total. The number of esters is 1. The zero-order valence-corrected chi connectivity index (χ0v) is 15.8. The van der Waals surface area contributed by atoms with Crippen molar-refractivity contribution in [3.05, 3.63) is 48.0 Å². The molecule has 0 saturated carbocycles. The topological polar surface area (TPSA) is 83.1 Å². The Morgan fingerprint density at radius 2 is 1.74 bits per heavy atom. The van der Waals surface area contributed by atoms with Crippen molar-refractivity contribution in [3.63, 3.8) is 0 Å². The third kappa shape index (κ3) is 5.37. The second kappa shape index (κ2) is 9.47. The van der Waals surface area contributed by atoms with E-state index in [0.29, 0.717) is 29.4 Å². The monoisotopic (exact) mass is 373 g/mol. The van der Waals surface area contributed by atoms with Gasteiger partial charge in [0.25, 0.3) is 5.91 Å². The first kappa shape index (κ1) is 20.1. The summed E-state index contributed by atoms with van der Waals surface area (Å²) in [6.45, 7) is 4.10. The minimum Gasteiger partial charge on any atom is -0.494 e. The Balaban J connectivity index is 2.04. The first-order valence-electron chi connectivity index (χ1n) is 8.45. The fourth-order valence-corrected chi connectivity index (χ4v) is 2.30. The van der Waals surface area contributed by atoms with Gasteiger partial charge < -0.3 is 24.3 Å². The molecule has 2 aromatic rings. The third-order valence-electron chi connectivity index (χ3n) is 3.69. The van der Waals surface area contributed by atoms with Crippen LogP contribution < -0.4 is 19.5 Å². The van der Waals surface area contributed by atoms with Gasteiger partial charge in [-0.1, -0.05) is 0 Å². The summed E-state index contributed by atoms with van der Waals surface area (Å²) in [6.07, 6.45) is -0.783. The molecular formula is C20H23NO6. The summed E-state index contributed by atoms with van der Waals surface area (Å²) in [5.41, 5.74) is 0.958. The highest BCUT2D eigenvalue weighted by molar-refractivity contribution is 5.94. The Hall–Kier alpha value is -3.22. The fraction of sp³-hybridized carbons (Fsp3) is 0.300. The fourth-order valence-electron chi connectivity index (χ4n) is 2.30. The summed E-state index contributed by atoms with van der Waals surface area (Å²) in [4.78, 5) is 24.0. The van der Waals surface area contributed by atoms with Gasteiger partial charge in [0.05, 0.1) is 26.4 Å². The molecule has 0 fully saturated rings. The Bertz CT molecular complexity index is 788. The maximum atomic E-state index is 12.4. The van der Waals surface area contributed by atoms with Crippen molar-refractivity contribution in [2.75, 3.05) is 26.1 Å². The van der Waals surface area contributed by atoms with Crippen LogP contribution >= 0.6 is 0 Å². The number of methoxy groups -OCH3 is 2. The van der Waals surface area contributed by atoms with Crippen molar-refractivity contribution in [1.82, 2.24) is 0 Å². The van der Waals surface area contributed by atoms with Gasteiger partial charge >= 0.3 is 5.97 Å². The number of hydrogen-bond acceptors (Lipinski definition) is 6. The summed E-state index contributed by atoms with van der Waals surface area (Å²) in [7, 11) is 2.75. The summed E-state index contributed by atoms with van der Waals surface area (Å²) >= 11 is 0. The number of hydrogen-bond donors (Lipinski definition) is 1. The van der Waals surface area contributed by atoms with Gasteiger partial charge in [0.2, 0.25) is 0 Å². The lowest BCUT2D eigenvalue weighted by Gasteiger charge is -2.17. The van der Waals surface area contributed by atoms with Crippen molar-refractivity contribution >= 4 is 17.6 Å². The van der Waals surface area contributed by atoms with Crippen molar-refractivity contribution in [1.29, 1.82) is 0 Å². The third-order valence-corrected chi connectivity index (χ3v) is 3.69. The van der Waals surface area contributed by atoms with Gasteiger partial charge in [0.1, 0.15) is 5.75 Å². The van der Waals surface area contributed by atoms with E-state index in [-0.39, 0.29) is 5.91 Å². The molecule has 1 atom stereocenters. The van der Waals surface area contributed by atoms with E-state index in [2.05, 4.69) is 10.1 Å². The number of anilines is 1. The summed E-state index contributed by atoms with van der Waals surface area (Å²) in [5, 5.41) is 2.77. The molecule has 0 aliphatic rings. The van der Waals surface area contributed by atoms with Crippen molar-refractivity contribution in [2.24, 2.45) is 0 Å². The van der Waals surface area contributed by atoms with E-state index in [9.17, 15) is 9.59 Å². The highest BCUT2D eigenvalue weighted by Crippen LogP contribution is 2.29. The Labute approximate surface area is 158 Å². The standard InChI is InChI=1S/C20H23NO6/c1-5-26-16-9-7-15(8-10-16)21-19(22)13(2)27-17-11-6-14(20(23)25-4)12-18(17)24-3/h6-13H,5H2,1-4H3,(H,21,22)/t13-/m1/s1. The van der Waals surface area contributed by atoms with Gasteiger partial charge in [-0.25, -0.2) is 4.79 Å². The normalized spacial score (nSPS) is 11.3. The average Bonchev–Trinajstić information content (AvgIpc) is 2.69. The van der Waals surface area contributed by atoms with Gasteiger partial charge in [-0.2, -0.15) is 0 Å². The van der Waals surface area contributed by atoms with Crippen LogP contribution in [0.5, 0.6) is 17.2 Å². The van der Waals surface area contributed by atoms with Crippen molar-refractivity contribution < 1.29 is 28.5 Å². The van der Waals surface area contributed by atoms with Crippen LogP contribution in [0, 0.1) is 0 Å². The van der Waals surface area contributed by atoms with Crippen LogP contribution in [-0.4, -0.2) is 38.8 Å². The molecule has 2 rings (SSSR count). The number of benzene rings is 2. The minimum absolute atomic E-state index is 0.321. The molecule has 144 valence electrons. The number of carbonyl (C=O) groups is 2. The number of amides is 1. The molecule has 1 amide bonds. The lowest BCUT2D eigenvalue weighted by Crippen LogP contribution is -2.30. The molecule has 0 heterocycles. The predicted octanol–water partition coefficient (Wildman–Crippen LogP) is 3.29. The molecule has 0 spiro atoms. The molecule has 0 bridgehead atoms. The molecule has 0 aliphatic heterocycles. The maximum absolute atomic E-state index is 12.4. The Morgan fingerprint density at radius 1 is 1.04 bits per heavy atom. The lowest BCUT2D eigenvalue weighted by atomic mass is 10.2. The molecule has 0 saturated heterocycles. The number of rotatable bonds is 8. The zero-order valence-electron chi connectivity index (χ0n) is 15.8. The molecule has 0 aromatic heterocycles. The predicted molar refractivity (Wildman–Crippen MR) is 101 cm³/mol. The van der Waals surface area contributed by atoms with Gasteiger partial charge in [0, 0.05) is 5.69 Å². The molecule has 1 N–H and O–H groups in total. The molecule has 0 aliphatic carbocycles. The largest absolute Gasteiger partial charge is 0.494 e. The number of carbonyl (C=O) groups excluding carboxylic acids is 2. The van der Waals surface area contributed by atoms with E-state index in [0.717, 1.165) is 5.75 Å². The van der Waals surface area contributed by atoms with Gasteiger partial charge in [0.15, 0.2) is 17.6 Å². The molecule has 7 heteroatoms. The van der Waals surface area contributed by atoms with Crippen LogP contribution in [0.2, 0.25) is 0 Å². The first-order chi connectivity index (χ1) is 13.0. The number of ether oxygens (including phenoxy) is 4. The van der Waals surface area contributed by atoms with Crippen molar-refractivity contribution in [3.8, 4) is 17.2 Å². The van der Waals surface area contributed by atoms with Crippen LogP contribution in [0.25, 0.3) is 0 Å². The molecular weight excluding hydrogens is 350 g/mol. The number of nitrogens with one attached hydrogen (secondary N) is 1. The first-order valence-corrected chi connectivity index (χ1v) is 8.45. The van der Waals surface area contributed by atoms with Gasteiger partial charge in [-0.3, -0.25) is 4.79 Å². The summed E-state index contributed by atoms with van der Waals surface area (Å²) in [6, 6.07) is 11.7. The minimum atomic E-state index is -0.783. The summed E-state index contributed by atoms with van der Waals surface area (Å²) < 4.78 is 21.0. The Kier molecular flexibility index (Phi) is 7.05. The van der Waals surface area contributed by atoms with Crippen molar-refractivity contribution in [2.45, 2.75) is 20.0 Å². The zero-order chi connectivity index (χ0) is 19.8.